The smallest absolute Gasteiger partial charge is 0.311 e. The van der Waals surface area contributed by atoms with Crippen molar-refractivity contribution in [1.29, 1.82) is 0 Å². The molecule has 5 heteroatoms. The molecular formula is C5H4F3NO. The molecule has 0 aliphatic carbocycles. The van der Waals surface area contributed by atoms with Crippen molar-refractivity contribution in [1.82, 2.24) is 0 Å². The van der Waals surface area contributed by atoms with Gasteiger partial charge >= 0.3 is 6.08 Å². The van der Waals surface area contributed by atoms with Crippen LogP contribution in [-0.2, 0) is 4.74 Å². The Morgan fingerprint density at radius 1 is 1.40 bits per heavy atom. The minimum atomic E-state index is -2.39. The Morgan fingerprint density at radius 2 is 2.10 bits per heavy atom. The van der Waals surface area contributed by atoms with Crippen LogP contribution in [0.25, 0.3) is 0 Å². The predicted molar refractivity (Wildman–Crippen MR) is 28.6 cm³/mol. The second-order valence-electron chi connectivity index (χ2n) is 1.61. The van der Waals surface area contributed by atoms with E-state index in [4.69, 9.17) is 0 Å². The van der Waals surface area contributed by atoms with Gasteiger partial charge in [-0.05, 0) is 0 Å². The topological polar surface area (TPSA) is 21.6 Å². The quantitative estimate of drug-likeness (QED) is 0.556. The standard InChI is InChI=1S/C5H4F3NO/c6-3(4(7)8)5-9-1-2-10-5/h1-2H2. The number of aliphatic imine (C=N–C) groups is 1. The van der Waals surface area contributed by atoms with E-state index in [1.54, 1.807) is 0 Å². The second kappa shape index (κ2) is 2.72. The van der Waals surface area contributed by atoms with Crippen LogP contribution in [-0.4, -0.2) is 19.0 Å². The highest BCUT2D eigenvalue weighted by Crippen LogP contribution is 2.14. The molecule has 10 heavy (non-hydrogen) atoms. The van der Waals surface area contributed by atoms with Gasteiger partial charge in [-0.2, -0.15) is 13.2 Å². The molecule has 0 aromatic heterocycles. The fraction of sp³-hybridized carbons (Fsp3) is 0.400. The van der Waals surface area contributed by atoms with Crippen LogP contribution in [0.1, 0.15) is 0 Å². The van der Waals surface area contributed by atoms with Crippen LogP contribution in [0, 0.1) is 0 Å². The summed E-state index contributed by atoms with van der Waals surface area (Å²) in [6.45, 7) is 0.423. The van der Waals surface area contributed by atoms with Gasteiger partial charge in [0.2, 0.25) is 5.83 Å². The fourth-order valence-corrected chi connectivity index (χ4v) is 0.549. The van der Waals surface area contributed by atoms with Crippen molar-refractivity contribution in [2.24, 2.45) is 4.99 Å². The zero-order chi connectivity index (χ0) is 7.56. The molecule has 0 aromatic rings. The molecule has 0 aromatic carbocycles. The molecule has 0 bridgehead atoms. The number of rotatable bonds is 1. The first-order chi connectivity index (χ1) is 4.72. The van der Waals surface area contributed by atoms with Gasteiger partial charge in [-0.25, -0.2) is 4.99 Å². The van der Waals surface area contributed by atoms with Gasteiger partial charge in [0, 0.05) is 0 Å². The lowest BCUT2D eigenvalue weighted by Gasteiger charge is -1.94. The summed E-state index contributed by atoms with van der Waals surface area (Å²) < 4.78 is 39.4. The van der Waals surface area contributed by atoms with E-state index in [9.17, 15) is 13.2 Å². The summed E-state index contributed by atoms with van der Waals surface area (Å²) in [6, 6.07) is 0. The van der Waals surface area contributed by atoms with Gasteiger partial charge in [0.1, 0.15) is 6.61 Å². The van der Waals surface area contributed by atoms with Gasteiger partial charge in [-0.1, -0.05) is 0 Å². The Kier molecular flexibility index (Phi) is 1.94. The van der Waals surface area contributed by atoms with Gasteiger partial charge in [-0.15, -0.1) is 0 Å². The molecule has 1 aliphatic heterocycles. The third-order valence-corrected chi connectivity index (χ3v) is 0.939. The molecule has 1 rings (SSSR count). The summed E-state index contributed by atoms with van der Waals surface area (Å²) in [4.78, 5) is 3.34. The molecule has 0 saturated carbocycles. The monoisotopic (exact) mass is 151 g/mol. The summed E-state index contributed by atoms with van der Waals surface area (Å²) in [7, 11) is 0. The first-order valence-corrected chi connectivity index (χ1v) is 2.60. The van der Waals surface area contributed by atoms with E-state index < -0.39 is 17.8 Å². The summed E-state index contributed by atoms with van der Waals surface area (Å²) in [5, 5.41) is 0. The molecule has 0 N–H and O–H groups in total. The first-order valence-electron chi connectivity index (χ1n) is 2.60. The normalized spacial score (nSPS) is 16.1. The van der Waals surface area contributed by atoms with Gasteiger partial charge in [0.15, 0.2) is 0 Å². The number of ether oxygens (including phenoxy) is 1. The largest absolute Gasteiger partial charge is 0.474 e. The van der Waals surface area contributed by atoms with E-state index in [1.165, 1.54) is 0 Å². The molecule has 0 saturated heterocycles. The van der Waals surface area contributed by atoms with Crippen molar-refractivity contribution in [2.45, 2.75) is 0 Å². The van der Waals surface area contributed by atoms with E-state index in [0.29, 0.717) is 0 Å². The summed E-state index contributed by atoms with van der Waals surface area (Å²) >= 11 is 0. The molecule has 0 unspecified atom stereocenters. The van der Waals surface area contributed by atoms with Crippen LogP contribution in [0.3, 0.4) is 0 Å². The lowest BCUT2D eigenvalue weighted by atomic mass is 10.6. The van der Waals surface area contributed by atoms with E-state index in [-0.39, 0.29) is 13.2 Å². The SMILES string of the molecule is FC(F)=C(F)C1=NCCO1. The molecule has 0 fully saturated rings. The maximum atomic E-state index is 12.1. The number of hydrogen-bond donors (Lipinski definition) is 0. The summed E-state index contributed by atoms with van der Waals surface area (Å²) in [6.07, 6.45) is -2.39. The zero-order valence-corrected chi connectivity index (χ0v) is 4.90. The summed E-state index contributed by atoms with van der Waals surface area (Å²) in [5.74, 6) is -2.24. The molecule has 56 valence electrons. The minimum Gasteiger partial charge on any atom is -0.474 e. The Morgan fingerprint density at radius 3 is 2.50 bits per heavy atom. The Hall–Kier alpha value is -1.00. The highest BCUT2D eigenvalue weighted by Gasteiger charge is 2.17. The third kappa shape index (κ3) is 1.29. The van der Waals surface area contributed by atoms with E-state index >= 15 is 0 Å². The van der Waals surface area contributed by atoms with Crippen molar-refractivity contribution in [3.63, 3.8) is 0 Å². The van der Waals surface area contributed by atoms with Crippen LogP contribution in [0.2, 0.25) is 0 Å². The maximum absolute atomic E-state index is 12.1. The molecule has 0 atom stereocenters. The molecule has 2 nitrogen and oxygen atoms in total. The zero-order valence-electron chi connectivity index (χ0n) is 4.90. The van der Waals surface area contributed by atoms with Crippen LogP contribution in [0.15, 0.2) is 16.9 Å². The van der Waals surface area contributed by atoms with Gasteiger partial charge < -0.3 is 4.74 Å². The minimum absolute atomic E-state index is 0.177. The van der Waals surface area contributed by atoms with E-state index in [2.05, 4.69) is 9.73 Å². The van der Waals surface area contributed by atoms with Crippen LogP contribution >= 0.6 is 0 Å². The third-order valence-electron chi connectivity index (χ3n) is 0.939. The Bertz CT molecular complexity index is 195. The van der Waals surface area contributed by atoms with Crippen molar-refractivity contribution in [3.8, 4) is 0 Å². The highest BCUT2D eigenvalue weighted by atomic mass is 19.3. The van der Waals surface area contributed by atoms with E-state index in [1.807, 2.05) is 0 Å². The van der Waals surface area contributed by atoms with Crippen LogP contribution < -0.4 is 0 Å². The highest BCUT2D eigenvalue weighted by molar-refractivity contribution is 5.92. The number of hydrogen-bond acceptors (Lipinski definition) is 2. The molecule has 0 amide bonds. The van der Waals surface area contributed by atoms with Crippen molar-refractivity contribution in [3.05, 3.63) is 11.9 Å². The van der Waals surface area contributed by atoms with Crippen molar-refractivity contribution < 1.29 is 17.9 Å². The number of nitrogens with zero attached hydrogens (tertiary/aromatic N) is 1. The van der Waals surface area contributed by atoms with Crippen molar-refractivity contribution in [2.75, 3.05) is 13.2 Å². The van der Waals surface area contributed by atoms with Crippen LogP contribution in [0.5, 0.6) is 0 Å². The van der Waals surface area contributed by atoms with Gasteiger partial charge in [-0.3, -0.25) is 0 Å². The number of halogens is 3. The van der Waals surface area contributed by atoms with Gasteiger partial charge in [0.05, 0.1) is 6.54 Å². The molecule has 1 heterocycles. The van der Waals surface area contributed by atoms with Crippen LogP contribution in [0.4, 0.5) is 13.2 Å². The molecule has 0 radical (unpaired) electrons. The maximum Gasteiger partial charge on any atom is 0.311 e. The summed E-state index contributed by atoms with van der Waals surface area (Å²) in [5.41, 5.74) is 0. The van der Waals surface area contributed by atoms with Crippen molar-refractivity contribution >= 4 is 5.90 Å². The average Bonchev–Trinajstić information content (AvgIpc) is 2.36. The first kappa shape index (κ1) is 7.11. The molecule has 1 aliphatic rings. The fourth-order valence-electron chi connectivity index (χ4n) is 0.549. The second-order valence-corrected chi connectivity index (χ2v) is 1.61. The molecule has 0 spiro atoms. The Labute approximate surface area is 55.0 Å². The Balaban J connectivity index is 2.74. The van der Waals surface area contributed by atoms with Gasteiger partial charge in [0.25, 0.3) is 5.90 Å². The average molecular weight is 151 g/mol. The van der Waals surface area contributed by atoms with E-state index in [0.717, 1.165) is 0 Å². The predicted octanol–water partition coefficient (Wildman–Crippen LogP) is 1.49. The lowest BCUT2D eigenvalue weighted by molar-refractivity contribution is 0.326. The lowest BCUT2D eigenvalue weighted by Crippen LogP contribution is -1.99. The molecular weight excluding hydrogens is 147 g/mol.